The summed E-state index contributed by atoms with van der Waals surface area (Å²) in [7, 11) is 2.73. The lowest BCUT2D eigenvalue weighted by atomic mass is 9.78. The van der Waals surface area contributed by atoms with Crippen molar-refractivity contribution in [3.63, 3.8) is 0 Å². The van der Waals surface area contributed by atoms with Crippen LogP contribution >= 0.6 is 11.6 Å². The minimum Gasteiger partial charge on any atom is -0.494 e. The molecule has 2 aromatic carbocycles. The average molecular weight is 573 g/mol. The smallest absolute Gasteiger partial charge is 0.291 e. The number of hydrogen-bond donors (Lipinski definition) is 3. The quantitative estimate of drug-likeness (QED) is 0.399. The number of nitrogens with zero attached hydrogens (tertiary/aromatic N) is 3. The molecular formula is C27H27ClF2N6O4. The highest BCUT2D eigenvalue weighted by molar-refractivity contribution is 6.34. The van der Waals surface area contributed by atoms with Gasteiger partial charge in [0.1, 0.15) is 0 Å². The number of halogens is 3. The highest BCUT2D eigenvalue weighted by Gasteiger charge is 2.40. The van der Waals surface area contributed by atoms with Gasteiger partial charge in [-0.2, -0.15) is 4.39 Å². The number of likely N-dealkylation sites (tertiary alicyclic amines) is 1. The Bertz CT molecular complexity index is 1500. The molecule has 4 N–H and O–H groups in total. The van der Waals surface area contributed by atoms with Gasteiger partial charge in [0, 0.05) is 49.4 Å². The van der Waals surface area contributed by atoms with Crippen molar-refractivity contribution in [1.82, 2.24) is 19.8 Å². The molecule has 0 atom stereocenters. The molecule has 10 nitrogen and oxygen atoms in total. The average Bonchev–Trinajstić information content (AvgIpc) is 3.26. The van der Waals surface area contributed by atoms with E-state index in [-0.39, 0.29) is 63.2 Å². The summed E-state index contributed by atoms with van der Waals surface area (Å²) in [5.41, 5.74) is 6.36. The molecular weight excluding hydrogens is 546 g/mol. The number of amides is 3. The molecule has 40 heavy (non-hydrogen) atoms. The van der Waals surface area contributed by atoms with E-state index in [1.165, 1.54) is 55.3 Å². The molecule has 2 fully saturated rings. The zero-order chi connectivity index (χ0) is 28.7. The Kier molecular flexibility index (Phi) is 7.47. The molecule has 1 saturated carbocycles. The van der Waals surface area contributed by atoms with E-state index in [0.717, 1.165) is 0 Å². The summed E-state index contributed by atoms with van der Waals surface area (Å²) in [5, 5.41) is 5.65. The molecule has 1 aromatic heterocycles. The van der Waals surface area contributed by atoms with Crippen molar-refractivity contribution in [3.05, 3.63) is 64.6 Å². The normalized spacial score (nSPS) is 18.5. The van der Waals surface area contributed by atoms with Crippen molar-refractivity contribution >= 4 is 35.0 Å². The van der Waals surface area contributed by atoms with E-state index in [1.807, 2.05) is 0 Å². The zero-order valence-electron chi connectivity index (χ0n) is 21.7. The summed E-state index contributed by atoms with van der Waals surface area (Å²) in [6.07, 6.45) is 2.37. The maximum Gasteiger partial charge on any atom is 0.291 e. The first-order chi connectivity index (χ1) is 19.1. The number of carbonyl (C=O) groups is 3. The van der Waals surface area contributed by atoms with Gasteiger partial charge in [-0.05, 0) is 43.2 Å². The minimum absolute atomic E-state index is 0.0468. The molecule has 3 aromatic rings. The van der Waals surface area contributed by atoms with Crippen molar-refractivity contribution in [2.45, 2.75) is 24.9 Å². The van der Waals surface area contributed by atoms with Gasteiger partial charge >= 0.3 is 0 Å². The Balaban J connectivity index is 1.20. The van der Waals surface area contributed by atoms with E-state index < -0.39 is 17.5 Å². The predicted molar refractivity (Wildman–Crippen MR) is 143 cm³/mol. The third-order valence-electron chi connectivity index (χ3n) is 7.25. The fourth-order valence-corrected chi connectivity index (χ4v) is 5.14. The Hall–Kier alpha value is -4.03. The van der Waals surface area contributed by atoms with E-state index in [9.17, 15) is 23.2 Å². The van der Waals surface area contributed by atoms with Crippen LogP contribution in [0.25, 0.3) is 11.3 Å². The first-order valence-electron chi connectivity index (χ1n) is 12.6. The van der Waals surface area contributed by atoms with E-state index >= 15 is 0 Å². The monoisotopic (exact) mass is 572 g/mol. The molecule has 1 aliphatic carbocycles. The van der Waals surface area contributed by atoms with Gasteiger partial charge in [-0.1, -0.05) is 11.6 Å². The Morgan fingerprint density at radius 1 is 1.10 bits per heavy atom. The second kappa shape index (κ2) is 10.9. The first kappa shape index (κ1) is 27.5. The summed E-state index contributed by atoms with van der Waals surface area (Å²) < 4.78 is 34.9. The number of methoxy groups -OCH3 is 1. The fourth-order valence-electron chi connectivity index (χ4n) is 4.87. The Morgan fingerprint density at radius 2 is 1.82 bits per heavy atom. The van der Waals surface area contributed by atoms with Gasteiger partial charge < -0.3 is 30.6 Å². The van der Waals surface area contributed by atoms with E-state index in [2.05, 4.69) is 15.6 Å². The van der Waals surface area contributed by atoms with Gasteiger partial charge in [-0.3, -0.25) is 14.4 Å². The van der Waals surface area contributed by atoms with E-state index in [4.69, 9.17) is 22.1 Å². The lowest BCUT2D eigenvalue weighted by Crippen LogP contribution is -2.61. The number of carbonyl (C=O) groups excluding carboxylic acids is 3. The van der Waals surface area contributed by atoms with Crippen molar-refractivity contribution in [1.29, 1.82) is 0 Å². The number of hydrogen-bond acceptors (Lipinski definition) is 6. The number of nitrogens with two attached hydrogens (primary N) is 1. The maximum atomic E-state index is 14.6. The van der Waals surface area contributed by atoms with Crippen molar-refractivity contribution in [2.75, 3.05) is 25.5 Å². The SMILES string of the molecule is COc1ccc(-c2cnc(C(=O)Nc3ccc(C(=O)N[C@H]4C[C@@H](C(=O)N5CC(N)C5)C4)c(Cl)c3)n2C)c(F)c1F. The number of nitrogens with one attached hydrogen (secondary N) is 2. The van der Waals surface area contributed by atoms with Crippen LogP contribution in [0.5, 0.6) is 5.75 Å². The third-order valence-corrected chi connectivity index (χ3v) is 7.56. The van der Waals surface area contributed by atoms with Gasteiger partial charge in [-0.25, -0.2) is 9.37 Å². The molecule has 3 amide bonds. The second-order valence-electron chi connectivity index (χ2n) is 9.96. The number of benzene rings is 2. The number of imidazole rings is 1. The van der Waals surface area contributed by atoms with Crippen molar-refractivity contribution in [2.24, 2.45) is 18.7 Å². The summed E-state index contributed by atoms with van der Waals surface area (Å²) in [5.74, 6) is -3.61. The van der Waals surface area contributed by atoms with Gasteiger partial charge in [0.25, 0.3) is 11.8 Å². The summed E-state index contributed by atoms with van der Waals surface area (Å²) in [4.78, 5) is 43.8. The topological polar surface area (TPSA) is 132 Å². The molecule has 1 saturated heterocycles. The highest BCUT2D eigenvalue weighted by atomic mass is 35.5. The van der Waals surface area contributed by atoms with Crippen LogP contribution in [-0.4, -0.2) is 64.5 Å². The fraction of sp³-hybridized carbons (Fsp3) is 0.333. The van der Waals surface area contributed by atoms with Crippen molar-refractivity contribution < 1.29 is 27.9 Å². The number of aromatic nitrogens is 2. The van der Waals surface area contributed by atoms with Crippen LogP contribution in [0.2, 0.25) is 5.02 Å². The minimum atomic E-state index is -1.14. The van der Waals surface area contributed by atoms with Gasteiger partial charge in [-0.15, -0.1) is 0 Å². The Morgan fingerprint density at radius 3 is 2.48 bits per heavy atom. The number of ether oxygens (including phenoxy) is 1. The van der Waals surface area contributed by atoms with E-state index in [0.29, 0.717) is 31.6 Å². The molecule has 1 aliphatic heterocycles. The van der Waals surface area contributed by atoms with E-state index in [1.54, 1.807) is 4.90 Å². The number of rotatable bonds is 7. The molecule has 0 bridgehead atoms. The van der Waals surface area contributed by atoms with Crippen LogP contribution < -0.4 is 21.1 Å². The summed E-state index contributed by atoms with van der Waals surface area (Å²) in [6, 6.07) is 6.96. The molecule has 2 heterocycles. The van der Waals surface area contributed by atoms with Crippen LogP contribution in [-0.2, 0) is 11.8 Å². The van der Waals surface area contributed by atoms with Crippen LogP contribution in [0.15, 0.2) is 36.5 Å². The largest absolute Gasteiger partial charge is 0.494 e. The molecule has 210 valence electrons. The number of anilines is 1. The molecule has 0 radical (unpaired) electrons. The van der Waals surface area contributed by atoms with Gasteiger partial charge in [0.2, 0.25) is 11.7 Å². The van der Waals surface area contributed by atoms with Crippen LogP contribution in [0.4, 0.5) is 14.5 Å². The lowest BCUT2D eigenvalue weighted by Gasteiger charge is -2.43. The lowest BCUT2D eigenvalue weighted by molar-refractivity contribution is -0.143. The second-order valence-corrected chi connectivity index (χ2v) is 10.4. The molecule has 0 spiro atoms. The van der Waals surface area contributed by atoms with Gasteiger partial charge in [0.05, 0.1) is 29.6 Å². The molecule has 0 unspecified atom stereocenters. The highest BCUT2D eigenvalue weighted by Crippen LogP contribution is 2.32. The van der Waals surface area contributed by atoms with Crippen LogP contribution in [0.3, 0.4) is 0 Å². The summed E-state index contributed by atoms with van der Waals surface area (Å²) >= 11 is 6.34. The standard InChI is InChI=1S/C27H27ClF2N6O4/c1-35-20(18-5-6-21(40-2)23(30)22(18)29)10-32-24(35)26(38)33-15-3-4-17(19(28)9-15)25(37)34-16-7-13(8-16)27(39)36-11-14(31)12-36/h3-6,9-10,13-14,16H,7-8,11-12,31H2,1-2H3,(H,33,38)(H,34,37)/t13-,16+. The molecule has 2 aliphatic rings. The van der Waals surface area contributed by atoms with Gasteiger partial charge in [0.15, 0.2) is 17.4 Å². The van der Waals surface area contributed by atoms with Crippen LogP contribution in [0, 0.1) is 17.6 Å². The zero-order valence-corrected chi connectivity index (χ0v) is 22.5. The summed E-state index contributed by atoms with van der Waals surface area (Å²) in [6.45, 7) is 1.15. The maximum absolute atomic E-state index is 14.6. The van der Waals surface area contributed by atoms with Crippen molar-refractivity contribution in [3.8, 4) is 17.0 Å². The molecule has 5 rings (SSSR count). The first-order valence-corrected chi connectivity index (χ1v) is 12.9. The predicted octanol–water partition coefficient (Wildman–Crippen LogP) is 2.96. The third kappa shape index (κ3) is 5.11. The molecule has 13 heteroatoms. The van der Waals surface area contributed by atoms with Crippen LogP contribution in [0.1, 0.15) is 33.8 Å². The Labute approximate surface area is 233 Å².